The van der Waals surface area contributed by atoms with Crippen molar-refractivity contribution >= 4 is 149 Å². The summed E-state index contributed by atoms with van der Waals surface area (Å²) in [7, 11) is -15.5. The first-order valence-electron chi connectivity index (χ1n) is 20.9. The van der Waals surface area contributed by atoms with E-state index in [-0.39, 0.29) is 88.9 Å². The summed E-state index contributed by atoms with van der Waals surface area (Å²) >= 11 is 0.529. The van der Waals surface area contributed by atoms with Crippen LogP contribution in [0.2, 0.25) is 0 Å². The van der Waals surface area contributed by atoms with Crippen LogP contribution in [0.4, 0.5) is 62.6 Å². The SMILES string of the molecule is Nc1c(N=Nc2ccc3c(O)c(N=Nc4ccc([N+](=O)[O-])cc4SOOO)c(S(=O)(=O)O)cc3c2)c(S(=O)(=O)O)cc2ccc(N=Nc3ccc4c(O)c(N=Nc5ccc([N+](=O)[O-])cc5S(=O)(=O)O)c(SOOO)cc4c3)c(O)c12. The lowest BCUT2D eigenvalue weighted by Gasteiger charge is -2.12. The van der Waals surface area contributed by atoms with Gasteiger partial charge in [-0.2, -0.15) is 35.5 Å². The number of nitro benzene ring substituents is 2. The maximum absolute atomic E-state index is 12.7. The van der Waals surface area contributed by atoms with Crippen LogP contribution in [-0.2, 0) is 49.1 Å². The quantitative estimate of drug-likeness (QED) is 0.00690. The summed E-state index contributed by atoms with van der Waals surface area (Å²) in [6.07, 6.45) is 0. The van der Waals surface area contributed by atoms with Gasteiger partial charge in [0.1, 0.15) is 48.8 Å². The second-order valence-corrected chi connectivity index (χ2v) is 21.3. The Hall–Kier alpha value is -8.87. The fourth-order valence-electron chi connectivity index (χ4n) is 7.30. The molecule has 0 aliphatic carbocycles. The third-order valence-electron chi connectivity index (χ3n) is 10.8. The zero-order valence-corrected chi connectivity index (χ0v) is 42.8. The molecule has 38 heteroatoms. The van der Waals surface area contributed by atoms with Gasteiger partial charge >= 0.3 is 0 Å². The van der Waals surface area contributed by atoms with E-state index in [1.807, 2.05) is 0 Å². The number of phenolic OH excluding ortho intramolecular Hbond substituents is 3. The minimum Gasteiger partial charge on any atom is -0.505 e. The van der Waals surface area contributed by atoms with Crippen molar-refractivity contribution in [3.8, 4) is 17.2 Å². The first-order chi connectivity index (χ1) is 37.8. The van der Waals surface area contributed by atoms with Gasteiger partial charge in [0.05, 0.1) is 66.2 Å². The molecule has 80 heavy (non-hydrogen) atoms. The van der Waals surface area contributed by atoms with Gasteiger partial charge in [0.2, 0.25) is 0 Å². The van der Waals surface area contributed by atoms with Gasteiger partial charge < -0.3 is 21.1 Å². The number of aromatic hydroxyl groups is 3. The molecule has 0 heterocycles. The molecule has 0 aliphatic rings. The Morgan fingerprint density at radius 1 is 0.463 bits per heavy atom. The molecule has 0 saturated heterocycles. The summed E-state index contributed by atoms with van der Waals surface area (Å²) in [5.41, 5.74) is 1.55. The van der Waals surface area contributed by atoms with E-state index < -0.39 is 112 Å². The first-order valence-corrected chi connectivity index (χ1v) is 26.7. The Morgan fingerprint density at radius 3 is 1.51 bits per heavy atom. The smallest absolute Gasteiger partial charge is 0.297 e. The molecular weight excluding hydrogens is 1170 g/mol. The number of fused-ring (bicyclic) bond motifs is 3. The maximum atomic E-state index is 12.7. The third-order valence-corrected chi connectivity index (χ3v) is 14.7. The average molecular weight is 1200 g/mol. The van der Waals surface area contributed by atoms with Gasteiger partial charge in [0.15, 0.2) is 17.2 Å². The highest BCUT2D eigenvalue weighted by atomic mass is 32.2. The van der Waals surface area contributed by atoms with Crippen LogP contribution < -0.4 is 5.73 Å². The number of benzene rings is 8. The number of anilines is 1. The second kappa shape index (κ2) is 22.8. The van der Waals surface area contributed by atoms with Crippen LogP contribution in [0.15, 0.2) is 169 Å². The standard InChI is InChI=1S/C42H27N11O22S5/c43-36-35-18(1-8-29(42(35)56)48-44-21-2-6-25-19(11-21)13-31(77-75-73-62)37(40(25)54)49-47-28-10-5-24(53(59)60)17-32(28)78(63,64)65)14-33(79(66,67)68)38(36)50-45-22-3-7-26-20(12-22)15-34(80(69,70)71)39(41(26)55)51-46-27-9-4-23(52(57)58)16-30(27)76-74-72-61/h1-17,54-56,61-62H,43H2,(H,63,64,65)(H,66,67,68)(H,69,70,71). The Kier molecular flexibility index (Phi) is 16.4. The van der Waals surface area contributed by atoms with Crippen LogP contribution in [0, 0.1) is 20.2 Å². The molecule has 412 valence electrons. The molecule has 0 atom stereocenters. The Balaban J connectivity index is 1.13. The molecular formula is C42H27N11O22S5. The number of non-ortho nitro benzene ring substituents is 2. The van der Waals surface area contributed by atoms with Gasteiger partial charge in [0, 0.05) is 35.0 Å². The number of azo groups is 4. The summed E-state index contributed by atoms with van der Waals surface area (Å²) in [5, 5.41) is 112. The number of hydrogen-bond donors (Lipinski definition) is 9. The molecule has 0 spiro atoms. The molecule has 10 N–H and O–H groups in total. The van der Waals surface area contributed by atoms with Crippen molar-refractivity contribution in [3.05, 3.63) is 123 Å². The van der Waals surface area contributed by atoms with Crippen LogP contribution >= 0.6 is 24.1 Å². The van der Waals surface area contributed by atoms with E-state index in [2.05, 4.69) is 59.7 Å². The molecule has 0 bridgehead atoms. The van der Waals surface area contributed by atoms with Crippen LogP contribution in [-0.4, -0.2) is 74.6 Å². The molecule has 8 aromatic carbocycles. The molecule has 8 rings (SSSR count). The van der Waals surface area contributed by atoms with E-state index in [4.69, 9.17) is 16.2 Å². The number of nitrogens with two attached hydrogens (primary N) is 1. The monoisotopic (exact) mass is 1200 g/mol. The van der Waals surface area contributed by atoms with Gasteiger partial charge in [-0.15, -0.1) is 39.4 Å². The third kappa shape index (κ3) is 12.2. The van der Waals surface area contributed by atoms with Crippen LogP contribution in [0.25, 0.3) is 32.3 Å². The molecule has 0 fully saturated rings. The number of nitrogens with zero attached hydrogens (tertiary/aromatic N) is 10. The minimum absolute atomic E-state index is 0.0544. The van der Waals surface area contributed by atoms with E-state index in [1.165, 1.54) is 48.5 Å². The van der Waals surface area contributed by atoms with Gasteiger partial charge in [-0.1, -0.05) is 16.1 Å². The number of nitrogen functional groups attached to an aromatic ring is 1. The lowest BCUT2D eigenvalue weighted by Crippen LogP contribution is -2.01. The number of phenols is 3. The van der Waals surface area contributed by atoms with Crippen molar-refractivity contribution in [3.63, 3.8) is 0 Å². The lowest BCUT2D eigenvalue weighted by atomic mass is 10.1. The Bertz CT molecular complexity index is 4400. The van der Waals surface area contributed by atoms with Crippen molar-refractivity contribution < 1.29 is 93.3 Å². The Morgan fingerprint density at radius 2 is 0.925 bits per heavy atom. The topological polar surface area (TPSA) is 512 Å². The molecule has 0 saturated carbocycles. The minimum atomic E-state index is -5.22. The highest BCUT2D eigenvalue weighted by Gasteiger charge is 2.26. The van der Waals surface area contributed by atoms with Crippen molar-refractivity contribution in [2.45, 2.75) is 24.5 Å². The van der Waals surface area contributed by atoms with Crippen molar-refractivity contribution in [2.24, 2.45) is 40.9 Å². The predicted octanol–water partition coefficient (Wildman–Crippen LogP) is 11.9. The highest BCUT2D eigenvalue weighted by Crippen LogP contribution is 2.49. The van der Waals surface area contributed by atoms with Crippen molar-refractivity contribution in [1.29, 1.82) is 0 Å². The second-order valence-electron chi connectivity index (χ2n) is 15.6. The van der Waals surface area contributed by atoms with Gasteiger partial charge in [-0.05, 0) is 89.0 Å². The van der Waals surface area contributed by atoms with E-state index in [9.17, 15) is 74.5 Å². The zero-order valence-electron chi connectivity index (χ0n) is 38.7. The average Bonchev–Trinajstić information content (AvgIpc) is 3.39. The fourth-order valence-corrected chi connectivity index (χ4v) is 10.2. The number of hydrogen-bond acceptors (Lipinski definition) is 30. The van der Waals surface area contributed by atoms with E-state index in [0.29, 0.717) is 6.07 Å². The molecule has 0 amide bonds. The number of nitro groups is 2. The molecule has 0 aliphatic heterocycles. The molecule has 33 nitrogen and oxygen atoms in total. The first kappa shape index (κ1) is 57.3. The predicted molar refractivity (Wildman–Crippen MR) is 275 cm³/mol. The van der Waals surface area contributed by atoms with Crippen LogP contribution in [0.3, 0.4) is 0 Å². The van der Waals surface area contributed by atoms with Gasteiger partial charge in [-0.25, -0.2) is 10.5 Å². The molecule has 0 aromatic heterocycles. The van der Waals surface area contributed by atoms with Crippen molar-refractivity contribution in [1.82, 2.24) is 0 Å². The largest absolute Gasteiger partial charge is 0.505 e. The summed E-state index contributed by atoms with van der Waals surface area (Å²) < 4.78 is 114. The summed E-state index contributed by atoms with van der Waals surface area (Å²) in [5.74, 6) is -2.17. The highest BCUT2D eigenvalue weighted by molar-refractivity contribution is 7.95. The summed E-state index contributed by atoms with van der Waals surface area (Å²) in [6, 6.07) is 18.3. The summed E-state index contributed by atoms with van der Waals surface area (Å²) in [4.78, 5) is 17.6. The number of rotatable bonds is 19. The molecule has 0 unspecified atom stereocenters. The molecule has 0 radical (unpaired) electrons. The van der Waals surface area contributed by atoms with Crippen molar-refractivity contribution in [2.75, 3.05) is 5.73 Å². The van der Waals surface area contributed by atoms with E-state index >= 15 is 0 Å². The fraction of sp³-hybridized carbons (Fsp3) is 0. The Labute approximate surface area is 452 Å². The van der Waals surface area contributed by atoms with Crippen LogP contribution in [0.1, 0.15) is 0 Å². The molecule has 8 aromatic rings. The summed E-state index contributed by atoms with van der Waals surface area (Å²) in [6.45, 7) is 0. The van der Waals surface area contributed by atoms with Gasteiger partial charge in [0.25, 0.3) is 41.7 Å². The normalized spacial score (nSPS) is 12.6. The maximum Gasteiger partial charge on any atom is 0.297 e. The van der Waals surface area contributed by atoms with E-state index in [0.717, 1.165) is 48.5 Å². The zero-order chi connectivity index (χ0) is 58.0. The van der Waals surface area contributed by atoms with Gasteiger partial charge in [-0.3, -0.25) is 33.9 Å². The van der Waals surface area contributed by atoms with Crippen LogP contribution in [0.5, 0.6) is 17.2 Å². The van der Waals surface area contributed by atoms with E-state index in [1.54, 1.807) is 0 Å². The lowest BCUT2D eigenvalue weighted by molar-refractivity contribution is -0.432.